The third-order valence-electron chi connectivity index (χ3n) is 4.51. The van der Waals surface area contributed by atoms with E-state index in [1.807, 2.05) is 24.3 Å². The van der Waals surface area contributed by atoms with Crippen molar-refractivity contribution in [2.45, 2.75) is 6.54 Å². The summed E-state index contributed by atoms with van der Waals surface area (Å²) in [7, 11) is -3.64. The summed E-state index contributed by atoms with van der Waals surface area (Å²) in [6.45, 7) is 3.76. The highest BCUT2D eigenvalue weighted by Gasteiger charge is 2.30. The van der Waals surface area contributed by atoms with Crippen LogP contribution in [-0.2, 0) is 16.6 Å². The zero-order chi connectivity index (χ0) is 19.2. The van der Waals surface area contributed by atoms with Gasteiger partial charge in [-0.25, -0.2) is 8.42 Å². The van der Waals surface area contributed by atoms with Crippen LogP contribution in [0.2, 0.25) is 0 Å². The molecule has 0 bridgehead atoms. The number of amides is 1. The van der Waals surface area contributed by atoms with Gasteiger partial charge in [-0.2, -0.15) is 0 Å². The number of hydrogen-bond acceptors (Lipinski definition) is 3. The Balaban J connectivity index is 1.81. The lowest BCUT2D eigenvalue weighted by atomic mass is 10.0. The number of nitrogens with zero attached hydrogens (tertiary/aromatic N) is 1. The number of halogens is 1. The van der Waals surface area contributed by atoms with E-state index < -0.39 is 10.0 Å². The van der Waals surface area contributed by atoms with E-state index >= 15 is 0 Å². The summed E-state index contributed by atoms with van der Waals surface area (Å²) in [4.78, 5) is 14.7. The van der Waals surface area contributed by atoms with Crippen LogP contribution < -0.4 is 9.62 Å². The van der Waals surface area contributed by atoms with Gasteiger partial charge in [0.15, 0.2) is 0 Å². The minimum Gasteiger partial charge on any atom is -0.303 e. The number of carbonyl (C=O) groups is 1. The molecule has 1 heterocycles. The van der Waals surface area contributed by atoms with Gasteiger partial charge in [0.2, 0.25) is 0 Å². The maximum absolute atomic E-state index is 13.0. The fraction of sp³-hybridized carbons (Fsp3) is 0.0500. The van der Waals surface area contributed by atoms with Crippen molar-refractivity contribution in [1.82, 2.24) is 0 Å². The molecule has 0 spiro atoms. The lowest BCUT2D eigenvalue weighted by Gasteiger charge is -2.18. The Labute approximate surface area is 165 Å². The van der Waals surface area contributed by atoms with Crippen LogP contribution in [0.25, 0.3) is 10.8 Å². The molecule has 0 fully saturated rings. The summed E-state index contributed by atoms with van der Waals surface area (Å²) >= 11 is 3.41. The summed E-state index contributed by atoms with van der Waals surface area (Å²) < 4.78 is 27.2. The lowest BCUT2D eigenvalue weighted by Crippen LogP contribution is -2.25. The number of benzene rings is 3. The maximum Gasteiger partial charge on any atom is 0.259 e. The molecule has 0 atom stereocenters. The molecular formula is C20H15BrN2O3S. The highest BCUT2D eigenvalue weighted by Crippen LogP contribution is 2.41. The van der Waals surface area contributed by atoms with Crippen molar-refractivity contribution >= 4 is 54.0 Å². The van der Waals surface area contributed by atoms with Crippen molar-refractivity contribution in [3.8, 4) is 0 Å². The van der Waals surface area contributed by atoms with Crippen LogP contribution in [0.1, 0.15) is 15.9 Å². The lowest BCUT2D eigenvalue weighted by molar-refractivity contribution is 0.0991. The average molecular weight is 443 g/mol. The van der Waals surface area contributed by atoms with Crippen molar-refractivity contribution < 1.29 is 13.2 Å². The van der Waals surface area contributed by atoms with Crippen molar-refractivity contribution in [3.05, 3.63) is 82.2 Å². The summed E-state index contributed by atoms with van der Waals surface area (Å²) in [6.07, 6.45) is 0. The van der Waals surface area contributed by atoms with Gasteiger partial charge in [-0.05, 0) is 35.9 Å². The molecule has 0 radical (unpaired) electrons. The molecule has 5 nitrogen and oxygen atoms in total. The number of carbonyl (C=O) groups excluding carboxylic acids is 1. The van der Waals surface area contributed by atoms with Crippen LogP contribution in [0, 0.1) is 0 Å². The molecule has 1 amide bonds. The first kappa shape index (κ1) is 17.8. The number of hydrogen-bond donors (Lipinski definition) is 1. The van der Waals surface area contributed by atoms with E-state index in [-0.39, 0.29) is 5.91 Å². The second-order valence-electron chi connectivity index (χ2n) is 6.19. The Morgan fingerprint density at radius 1 is 1.07 bits per heavy atom. The maximum atomic E-state index is 13.0. The average Bonchev–Trinajstić information content (AvgIpc) is 2.93. The van der Waals surface area contributed by atoms with E-state index in [0.29, 0.717) is 23.2 Å². The summed E-state index contributed by atoms with van der Waals surface area (Å²) in [5.41, 5.74) is 2.77. The SMILES string of the molecule is C=CS(=O)(=O)Nc1ccc2c3c(cccc13)C(=O)N2Cc1ccc(Br)cc1. The van der Waals surface area contributed by atoms with E-state index in [0.717, 1.165) is 26.5 Å². The first-order valence-corrected chi connectivity index (χ1v) is 10.5. The Morgan fingerprint density at radius 2 is 1.81 bits per heavy atom. The molecule has 27 heavy (non-hydrogen) atoms. The van der Waals surface area contributed by atoms with Crippen LogP contribution in [0.15, 0.2) is 71.1 Å². The zero-order valence-electron chi connectivity index (χ0n) is 14.1. The topological polar surface area (TPSA) is 66.5 Å². The molecule has 1 aliphatic rings. The van der Waals surface area contributed by atoms with Gasteiger partial charge >= 0.3 is 0 Å². The summed E-state index contributed by atoms with van der Waals surface area (Å²) in [5.74, 6) is -0.0951. The Bertz CT molecular complexity index is 1190. The molecule has 1 N–H and O–H groups in total. The van der Waals surface area contributed by atoms with Gasteiger partial charge in [0.05, 0.1) is 17.9 Å². The van der Waals surface area contributed by atoms with Crippen molar-refractivity contribution in [1.29, 1.82) is 0 Å². The van der Waals surface area contributed by atoms with Crippen LogP contribution >= 0.6 is 15.9 Å². The third-order valence-corrected chi connectivity index (χ3v) is 5.98. The summed E-state index contributed by atoms with van der Waals surface area (Å²) in [6, 6.07) is 16.6. The molecule has 3 aromatic rings. The van der Waals surface area contributed by atoms with E-state index in [1.54, 1.807) is 35.2 Å². The standard InChI is InChI=1S/C20H15BrN2O3S/c1-2-27(25,26)22-17-10-11-18-19-15(17)4-3-5-16(19)20(24)23(18)12-13-6-8-14(21)9-7-13/h2-11,22H,1,12H2. The summed E-state index contributed by atoms with van der Waals surface area (Å²) in [5, 5.41) is 2.30. The molecule has 1 aliphatic heterocycles. The number of sulfonamides is 1. The van der Waals surface area contributed by atoms with Gasteiger partial charge in [0.1, 0.15) is 0 Å². The van der Waals surface area contributed by atoms with Crippen LogP contribution in [0.4, 0.5) is 11.4 Å². The molecule has 0 aromatic heterocycles. The minimum atomic E-state index is -3.64. The quantitative estimate of drug-likeness (QED) is 0.625. The molecule has 4 rings (SSSR count). The Hall–Kier alpha value is -2.64. The van der Waals surface area contributed by atoms with Gasteiger partial charge in [-0.1, -0.05) is 46.8 Å². The molecule has 0 saturated heterocycles. The van der Waals surface area contributed by atoms with E-state index in [9.17, 15) is 13.2 Å². The van der Waals surface area contributed by atoms with E-state index in [4.69, 9.17) is 0 Å². The van der Waals surface area contributed by atoms with Crippen LogP contribution in [0.3, 0.4) is 0 Å². The smallest absolute Gasteiger partial charge is 0.259 e. The molecule has 0 unspecified atom stereocenters. The first-order chi connectivity index (χ1) is 12.9. The first-order valence-electron chi connectivity index (χ1n) is 8.17. The van der Waals surface area contributed by atoms with Gasteiger partial charge in [0, 0.05) is 26.2 Å². The van der Waals surface area contributed by atoms with Crippen molar-refractivity contribution in [2.24, 2.45) is 0 Å². The van der Waals surface area contributed by atoms with Gasteiger partial charge in [-0.3, -0.25) is 9.52 Å². The molecule has 7 heteroatoms. The van der Waals surface area contributed by atoms with E-state index in [2.05, 4.69) is 27.2 Å². The Kier molecular flexibility index (Phi) is 4.28. The largest absolute Gasteiger partial charge is 0.303 e. The fourth-order valence-electron chi connectivity index (χ4n) is 3.26. The van der Waals surface area contributed by atoms with Crippen molar-refractivity contribution in [3.63, 3.8) is 0 Å². The third kappa shape index (κ3) is 3.13. The molecule has 0 saturated carbocycles. The predicted molar refractivity (Wildman–Crippen MR) is 111 cm³/mol. The van der Waals surface area contributed by atoms with Gasteiger partial charge < -0.3 is 4.90 Å². The number of nitrogens with one attached hydrogen (secondary N) is 1. The van der Waals surface area contributed by atoms with E-state index in [1.165, 1.54) is 0 Å². The molecular weight excluding hydrogens is 428 g/mol. The zero-order valence-corrected chi connectivity index (χ0v) is 16.5. The normalized spacial score (nSPS) is 13.2. The monoisotopic (exact) mass is 442 g/mol. The predicted octanol–water partition coefficient (Wildman–Crippen LogP) is 4.65. The highest BCUT2D eigenvalue weighted by atomic mass is 79.9. The molecule has 136 valence electrons. The Morgan fingerprint density at radius 3 is 2.52 bits per heavy atom. The highest BCUT2D eigenvalue weighted by molar-refractivity contribution is 9.10. The number of rotatable bonds is 5. The molecule has 3 aromatic carbocycles. The van der Waals surface area contributed by atoms with Crippen LogP contribution in [0.5, 0.6) is 0 Å². The van der Waals surface area contributed by atoms with Crippen molar-refractivity contribution in [2.75, 3.05) is 9.62 Å². The molecule has 0 aliphatic carbocycles. The minimum absolute atomic E-state index is 0.0951. The second kappa shape index (κ2) is 6.51. The van der Waals surface area contributed by atoms with Gasteiger partial charge in [0.25, 0.3) is 15.9 Å². The fourth-order valence-corrected chi connectivity index (χ4v) is 4.09. The van der Waals surface area contributed by atoms with Crippen LogP contribution in [-0.4, -0.2) is 14.3 Å². The second-order valence-corrected chi connectivity index (χ2v) is 8.74. The number of anilines is 2. The van der Waals surface area contributed by atoms with Gasteiger partial charge in [-0.15, -0.1) is 0 Å².